The van der Waals surface area contributed by atoms with Crippen molar-refractivity contribution < 1.29 is 9.59 Å². The number of hydrogen-bond donors (Lipinski definition) is 1. The molecule has 0 aromatic heterocycles. The van der Waals surface area contributed by atoms with Crippen molar-refractivity contribution in [3.8, 4) is 0 Å². The molecule has 5 heteroatoms. The maximum Gasteiger partial charge on any atom is 0.256 e. The van der Waals surface area contributed by atoms with E-state index in [1.165, 1.54) is 12.1 Å². The minimum atomic E-state index is -0.728. The first kappa shape index (κ1) is 12.0. The summed E-state index contributed by atoms with van der Waals surface area (Å²) in [4.78, 5) is 24.2. The molecule has 1 saturated heterocycles. The second-order valence-electron chi connectivity index (χ2n) is 4.53. The molecular weight excluding hydrogens is 264 g/mol. The molecule has 1 aromatic rings. The topological polar surface area (TPSA) is 63.2 Å². The van der Waals surface area contributed by atoms with Crippen LogP contribution in [0, 0.1) is 0 Å². The van der Waals surface area contributed by atoms with Crippen molar-refractivity contribution in [3.63, 3.8) is 0 Å². The lowest BCUT2D eigenvalue weighted by molar-refractivity contribution is 0.0868. The zero-order valence-corrected chi connectivity index (χ0v) is 10.7. The summed E-state index contributed by atoms with van der Waals surface area (Å²) in [7, 11) is 0. The number of hydrogen-bond acceptors (Lipinski definition) is 2. The zero-order chi connectivity index (χ0) is 13.6. The average Bonchev–Trinajstić information content (AvgIpc) is 3.03. The van der Waals surface area contributed by atoms with Gasteiger partial charge in [-0.05, 0) is 30.3 Å². The molecule has 1 aliphatic carbocycles. The van der Waals surface area contributed by atoms with Gasteiger partial charge in [0.25, 0.3) is 5.91 Å². The number of fused-ring (bicyclic) bond motifs is 1. The van der Waals surface area contributed by atoms with Gasteiger partial charge in [0.2, 0.25) is 5.91 Å². The van der Waals surface area contributed by atoms with E-state index in [1.807, 2.05) is 18.2 Å². The smallest absolute Gasteiger partial charge is 0.256 e. The fourth-order valence-electron chi connectivity index (χ4n) is 2.26. The molecule has 1 heterocycles. The van der Waals surface area contributed by atoms with E-state index in [1.54, 1.807) is 23.1 Å². The van der Waals surface area contributed by atoms with Gasteiger partial charge in [-0.15, -0.1) is 0 Å². The summed E-state index contributed by atoms with van der Waals surface area (Å²) in [5.74, 6) is -0.675. The van der Waals surface area contributed by atoms with Crippen LogP contribution in [0.2, 0.25) is 0 Å². The van der Waals surface area contributed by atoms with Crippen LogP contribution in [0.1, 0.15) is 20.7 Å². The Labute approximate surface area is 115 Å². The van der Waals surface area contributed by atoms with Crippen LogP contribution in [-0.4, -0.2) is 27.8 Å². The second kappa shape index (κ2) is 3.96. The number of amides is 2. The maximum absolute atomic E-state index is 12.3. The Morgan fingerprint density at radius 3 is 2.32 bits per heavy atom. The molecule has 2 N–H and O–H groups in total. The van der Waals surface area contributed by atoms with E-state index in [2.05, 4.69) is 0 Å². The Morgan fingerprint density at radius 1 is 1.16 bits per heavy atom. The van der Waals surface area contributed by atoms with Gasteiger partial charge in [-0.2, -0.15) is 0 Å². The summed E-state index contributed by atoms with van der Waals surface area (Å²) < 4.78 is 0. The third kappa shape index (κ3) is 1.76. The normalized spacial score (nSPS) is 27.0. The summed E-state index contributed by atoms with van der Waals surface area (Å²) in [6, 6.07) is 6.15. The van der Waals surface area contributed by atoms with Gasteiger partial charge in [0.15, 0.2) is 5.00 Å². The largest absolute Gasteiger partial charge is 0.366 e. The van der Waals surface area contributed by atoms with E-state index in [9.17, 15) is 9.59 Å². The molecule has 4 nitrogen and oxygen atoms in total. The molecule has 0 radical (unpaired) electrons. The minimum Gasteiger partial charge on any atom is -0.366 e. The van der Waals surface area contributed by atoms with Gasteiger partial charge in [-0.3, -0.25) is 9.59 Å². The molecular formula is C14H11ClN2O2. The van der Waals surface area contributed by atoms with E-state index in [0.29, 0.717) is 11.1 Å². The first-order chi connectivity index (χ1) is 9.04. The van der Waals surface area contributed by atoms with Crippen LogP contribution < -0.4 is 5.73 Å². The lowest BCUT2D eigenvalue weighted by Crippen LogP contribution is -2.18. The number of nitrogens with zero attached hydrogens (tertiary/aromatic N) is 1. The van der Waals surface area contributed by atoms with Gasteiger partial charge in [-0.25, -0.2) is 0 Å². The Kier molecular flexibility index (Phi) is 2.50. The molecule has 0 bridgehead atoms. The fraction of sp³-hybridized carbons (Fsp3) is 0.143. The molecule has 1 aliphatic heterocycles. The quantitative estimate of drug-likeness (QED) is 0.507. The van der Waals surface area contributed by atoms with Crippen LogP contribution in [-0.2, 0) is 0 Å². The third-order valence-electron chi connectivity index (χ3n) is 3.36. The maximum atomic E-state index is 12.3. The number of carbonyl (C=O) groups is 2. The fourth-order valence-corrected chi connectivity index (χ4v) is 2.64. The first-order valence-electron chi connectivity index (χ1n) is 5.82. The van der Waals surface area contributed by atoms with Gasteiger partial charge < -0.3 is 10.6 Å². The minimum absolute atomic E-state index is 0.0949. The monoisotopic (exact) mass is 274 g/mol. The summed E-state index contributed by atoms with van der Waals surface area (Å²) >= 11 is 6.33. The lowest BCUT2D eigenvalue weighted by atomic mass is 10.1. The molecule has 2 atom stereocenters. The Balaban J connectivity index is 1.84. The van der Waals surface area contributed by atoms with Crippen LogP contribution in [0.3, 0.4) is 0 Å². The van der Waals surface area contributed by atoms with E-state index < -0.39 is 10.9 Å². The third-order valence-corrected chi connectivity index (χ3v) is 3.90. The highest BCUT2D eigenvalue weighted by Crippen LogP contribution is 2.49. The van der Waals surface area contributed by atoms with Gasteiger partial charge >= 0.3 is 0 Å². The van der Waals surface area contributed by atoms with Crippen molar-refractivity contribution in [2.75, 3.05) is 0 Å². The summed E-state index contributed by atoms with van der Waals surface area (Å²) in [6.45, 7) is 0. The van der Waals surface area contributed by atoms with Crippen LogP contribution in [0.5, 0.6) is 0 Å². The van der Waals surface area contributed by atoms with Crippen LogP contribution in [0.4, 0.5) is 0 Å². The van der Waals surface area contributed by atoms with Gasteiger partial charge in [0, 0.05) is 11.1 Å². The lowest BCUT2D eigenvalue weighted by Gasteiger charge is -2.06. The zero-order valence-electron chi connectivity index (χ0n) is 9.92. The van der Waals surface area contributed by atoms with Crippen molar-refractivity contribution in [2.45, 2.75) is 11.0 Å². The molecule has 2 aliphatic rings. The highest BCUT2D eigenvalue weighted by atomic mass is 35.5. The number of nitrogens with two attached hydrogens (primary N) is 1. The molecule has 96 valence electrons. The van der Waals surface area contributed by atoms with Crippen molar-refractivity contribution in [3.05, 3.63) is 59.7 Å². The molecule has 2 amide bonds. The molecule has 1 aromatic carbocycles. The summed E-state index contributed by atoms with van der Waals surface area (Å²) in [5.41, 5.74) is 6.02. The molecule has 19 heavy (non-hydrogen) atoms. The number of rotatable bonds is 2. The van der Waals surface area contributed by atoms with Crippen LogP contribution in [0.25, 0.3) is 0 Å². The van der Waals surface area contributed by atoms with E-state index in [-0.39, 0.29) is 11.9 Å². The van der Waals surface area contributed by atoms with Crippen molar-refractivity contribution in [2.24, 2.45) is 5.73 Å². The first-order valence-corrected chi connectivity index (χ1v) is 6.20. The Morgan fingerprint density at radius 2 is 1.79 bits per heavy atom. The number of benzene rings is 1. The number of alkyl halides is 1. The molecule has 0 spiro atoms. The van der Waals surface area contributed by atoms with Gasteiger partial charge in [-0.1, -0.05) is 29.8 Å². The predicted molar refractivity (Wildman–Crippen MR) is 71.8 cm³/mol. The van der Waals surface area contributed by atoms with E-state index in [0.717, 1.165) is 0 Å². The second-order valence-corrected chi connectivity index (χ2v) is 5.14. The standard InChI is InChI=1S/C14H11ClN2O2/c15-14-8-2-1-3-11(14)17(14)13(19)10-6-4-9(5-7-10)12(16)18/h1-8,11H,(H2,16,18). The van der Waals surface area contributed by atoms with Crippen LogP contribution >= 0.6 is 11.6 Å². The van der Waals surface area contributed by atoms with E-state index >= 15 is 0 Å². The predicted octanol–water partition coefficient (Wildman–Crippen LogP) is 1.67. The van der Waals surface area contributed by atoms with Crippen molar-refractivity contribution in [1.29, 1.82) is 0 Å². The number of carbonyl (C=O) groups excluding carboxylic acids is 2. The summed E-state index contributed by atoms with van der Waals surface area (Å²) in [6.07, 6.45) is 7.39. The van der Waals surface area contributed by atoms with E-state index in [4.69, 9.17) is 17.3 Å². The number of primary amides is 1. The SMILES string of the molecule is NC(=O)c1ccc(C(=O)N2C3C=CC=CC32Cl)cc1. The van der Waals surface area contributed by atoms with Crippen molar-refractivity contribution >= 4 is 23.4 Å². The highest BCUT2D eigenvalue weighted by Gasteiger charge is 2.62. The molecule has 3 rings (SSSR count). The average molecular weight is 275 g/mol. The highest BCUT2D eigenvalue weighted by molar-refractivity contribution is 6.30. The number of halogens is 1. The Bertz CT molecular complexity index is 621. The number of allylic oxidation sites excluding steroid dienone is 2. The van der Waals surface area contributed by atoms with Crippen LogP contribution in [0.15, 0.2) is 48.6 Å². The molecule has 0 saturated carbocycles. The molecule has 1 fully saturated rings. The van der Waals surface area contributed by atoms with Crippen molar-refractivity contribution in [1.82, 2.24) is 4.90 Å². The summed E-state index contributed by atoms with van der Waals surface area (Å²) in [5, 5.41) is 0. The Hall–Kier alpha value is -2.07. The van der Waals surface area contributed by atoms with Gasteiger partial charge in [0.05, 0.1) is 6.04 Å². The molecule has 2 unspecified atom stereocenters. The van der Waals surface area contributed by atoms with Gasteiger partial charge in [0.1, 0.15) is 0 Å².